The summed E-state index contributed by atoms with van der Waals surface area (Å²) >= 11 is 1.51. The van der Waals surface area contributed by atoms with E-state index in [1.807, 2.05) is 22.4 Å². The fourth-order valence-electron chi connectivity index (χ4n) is 4.29. The molecule has 0 unspecified atom stereocenters. The highest BCUT2D eigenvalue weighted by molar-refractivity contribution is 7.12. The first-order chi connectivity index (χ1) is 12.7. The van der Waals surface area contributed by atoms with Crippen LogP contribution >= 0.6 is 11.3 Å². The molecule has 2 fully saturated rings. The summed E-state index contributed by atoms with van der Waals surface area (Å²) in [5.41, 5.74) is 0. The molecule has 0 atom stereocenters. The number of carbonyl (C=O) groups excluding carboxylic acids is 2. The Balaban J connectivity index is 1.39. The molecule has 0 aromatic carbocycles. The number of thiophene rings is 1. The number of nitrogens with zero attached hydrogens (tertiary/aromatic N) is 2. The Morgan fingerprint density at radius 2 is 1.85 bits per heavy atom. The molecule has 1 aromatic rings. The van der Waals surface area contributed by atoms with E-state index in [1.54, 1.807) is 0 Å². The molecule has 1 saturated heterocycles. The van der Waals surface area contributed by atoms with Gasteiger partial charge in [-0.25, -0.2) is 0 Å². The number of hydrogen-bond acceptors (Lipinski definition) is 4. The molecule has 0 N–H and O–H groups in total. The first-order valence-corrected chi connectivity index (χ1v) is 11.1. The van der Waals surface area contributed by atoms with Crippen LogP contribution in [0.25, 0.3) is 0 Å². The third kappa shape index (κ3) is 5.17. The van der Waals surface area contributed by atoms with Crippen molar-refractivity contribution >= 4 is 23.0 Å². The highest BCUT2D eigenvalue weighted by Crippen LogP contribution is 2.33. The average molecular weight is 377 g/mol. The molecule has 1 aliphatic carbocycles. The van der Waals surface area contributed by atoms with E-state index in [2.05, 4.69) is 11.8 Å². The lowest BCUT2D eigenvalue weighted by Gasteiger charge is -2.37. The largest absolute Gasteiger partial charge is 0.340 e. The molecule has 3 rings (SSSR count). The van der Waals surface area contributed by atoms with Crippen LogP contribution in [0, 0.1) is 11.8 Å². The molecule has 1 aliphatic heterocycles. The summed E-state index contributed by atoms with van der Waals surface area (Å²) in [6.07, 6.45) is 8.55. The predicted molar refractivity (Wildman–Crippen MR) is 107 cm³/mol. The van der Waals surface area contributed by atoms with E-state index in [1.165, 1.54) is 43.4 Å². The van der Waals surface area contributed by atoms with Gasteiger partial charge in [-0.15, -0.1) is 11.3 Å². The average Bonchev–Trinajstić information content (AvgIpc) is 3.22. The third-order valence-electron chi connectivity index (χ3n) is 6.01. The van der Waals surface area contributed by atoms with Gasteiger partial charge in [-0.05, 0) is 43.0 Å². The van der Waals surface area contributed by atoms with Gasteiger partial charge >= 0.3 is 0 Å². The van der Waals surface area contributed by atoms with Crippen LogP contribution in [0.3, 0.4) is 0 Å². The Morgan fingerprint density at radius 1 is 1.12 bits per heavy atom. The number of amides is 1. The van der Waals surface area contributed by atoms with E-state index >= 15 is 0 Å². The van der Waals surface area contributed by atoms with Gasteiger partial charge < -0.3 is 4.90 Å². The summed E-state index contributed by atoms with van der Waals surface area (Å²) in [5.74, 6) is 1.65. The highest BCUT2D eigenvalue weighted by Gasteiger charge is 2.31. The molecule has 0 bridgehead atoms. The van der Waals surface area contributed by atoms with Crippen molar-refractivity contribution in [2.24, 2.45) is 11.8 Å². The van der Waals surface area contributed by atoms with E-state index in [4.69, 9.17) is 0 Å². The van der Waals surface area contributed by atoms with Crippen molar-refractivity contribution < 1.29 is 9.59 Å². The second-order valence-electron chi connectivity index (χ2n) is 7.86. The Hall–Kier alpha value is -1.20. The van der Waals surface area contributed by atoms with Gasteiger partial charge in [-0.1, -0.05) is 32.3 Å². The van der Waals surface area contributed by atoms with Crippen LogP contribution in [0.2, 0.25) is 0 Å². The standard InChI is InChI=1S/C21H32N2O2S/c1-2-3-5-17-7-9-18(10-8-17)21(25)23-13-11-22(12-14-23)16-19(24)20-6-4-15-26-20/h4,6,15,17-18H,2-3,5,7-14,16H2,1H3. The molecule has 1 aromatic heterocycles. The van der Waals surface area contributed by atoms with Crippen LogP contribution in [0.15, 0.2) is 17.5 Å². The number of Topliss-reactive ketones (excluding diaryl/α,β-unsaturated/α-hetero) is 1. The minimum absolute atomic E-state index is 0.199. The summed E-state index contributed by atoms with van der Waals surface area (Å²) < 4.78 is 0. The Bertz CT molecular complexity index is 571. The molecule has 1 amide bonds. The van der Waals surface area contributed by atoms with Crippen LogP contribution in [-0.4, -0.2) is 54.2 Å². The summed E-state index contributed by atoms with van der Waals surface area (Å²) in [4.78, 5) is 30.1. The van der Waals surface area contributed by atoms with Crippen molar-refractivity contribution in [1.82, 2.24) is 9.80 Å². The molecule has 1 saturated carbocycles. The lowest BCUT2D eigenvalue weighted by Crippen LogP contribution is -2.51. The topological polar surface area (TPSA) is 40.6 Å². The van der Waals surface area contributed by atoms with E-state index in [9.17, 15) is 9.59 Å². The molecule has 144 valence electrons. The fraction of sp³-hybridized carbons (Fsp3) is 0.714. The summed E-state index contributed by atoms with van der Waals surface area (Å²) in [6.45, 7) is 5.90. The van der Waals surface area contributed by atoms with Gasteiger partial charge in [0.25, 0.3) is 0 Å². The number of unbranched alkanes of at least 4 members (excludes halogenated alkanes) is 1. The molecular weight excluding hydrogens is 344 g/mol. The molecule has 0 spiro atoms. The second kappa shape index (κ2) is 9.65. The third-order valence-corrected chi connectivity index (χ3v) is 6.92. The fourth-order valence-corrected chi connectivity index (χ4v) is 4.95. The van der Waals surface area contributed by atoms with Crippen LogP contribution in [-0.2, 0) is 4.79 Å². The smallest absolute Gasteiger partial charge is 0.225 e. The minimum atomic E-state index is 0.199. The van der Waals surface area contributed by atoms with Gasteiger partial charge in [0.15, 0.2) is 5.78 Å². The normalized spacial score (nSPS) is 24.6. The van der Waals surface area contributed by atoms with Crippen LogP contribution in [0.4, 0.5) is 0 Å². The maximum atomic E-state index is 12.8. The summed E-state index contributed by atoms with van der Waals surface area (Å²) in [7, 11) is 0. The summed E-state index contributed by atoms with van der Waals surface area (Å²) in [6, 6.07) is 3.81. The number of piperazine rings is 1. The van der Waals surface area contributed by atoms with Crippen molar-refractivity contribution in [1.29, 1.82) is 0 Å². The van der Waals surface area contributed by atoms with E-state index < -0.39 is 0 Å². The lowest BCUT2D eigenvalue weighted by atomic mass is 9.79. The van der Waals surface area contributed by atoms with Crippen molar-refractivity contribution in [2.45, 2.75) is 51.9 Å². The molecule has 5 heteroatoms. The van der Waals surface area contributed by atoms with Gasteiger partial charge in [0.05, 0.1) is 11.4 Å². The molecule has 0 radical (unpaired) electrons. The lowest BCUT2D eigenvalue weighted by molar-refractivity contribution is -0.138. The van der Waals surface area contributed by atoms with Crippen molar-refractivity contribution in [2.75, 3.05) is 32.7 Å². The molecule has 4 nitrogen and oxygen atoms in total. The van der Waals surface area contributed by atoms with Crippen molar-refractivity contribution in [3.05, 3.63) is 22.4 Å². The number of hydrogen-bond donors (Lipinski definition) is 0. The van der Waals surface area contributed by atoms with Gasteiger partial charge in [-0.3, -0.25) is 14.5 Å². The first-order valence-electron chi connectivity index (χ1n) is 10.2. The monoisotopic (exact) mass is 376 g/mol. The van der Waals surface area contributed by atoms with Crippen LogP contribution < -0.4 is 0 Å². The second-order valence-corrected chi connectivity index (χ2v) is 8.81. The van der Waals surface area contributed by atoms with Crippen LogP contribution in [0.1, 0.15) is 61.5 Å². The zero-order valence-electron chi connectivity index (χ0n) is 16.0. The molecule has 2 aliphatic rings. The molecular formula is C21H32N2O2S. The number of ketones is 1. The Labute approximate surface area is 161 Å². The van der Waals surface area contributed by atoms with Gasteiger partial charge in [0, 0.05) is 32.1 Å². The van der Waals surface area contributed by atoms with Gasteiger partial charge in [-0.2, -0.15) is 0 Å². The molecule has 2 heterocycles. The van der Waals surface area contributed by atoms with Crippen LogP contribution in [0.5, 0.6) is 0 Å². The zero-order valence-corrected chi connectivity index (χ0v) is 16.8. The SMILES string of the molecule is CCCCC1CCC(C(=O)N2CCN(CC(=O)c3cccs3)CC2)CC1. The van der Waals surface area contributed by atoms with Crippen molar-refractivity contribution in [3.8, 4) is 0 Å². The van der Waals surface area contributed by atoms with E-state index in [0.717, 1.165) is 49.8 Å². The van der Waals surface area contributed by atoms with Crippen molar-refractivity contribution in [3.63, 3.8) is 0 Å². The highest BCUT2D eigenvalue weighted by atomic mass is 32.1. The predicted octanol–water partition coefficient (Wildman–Crippen LogP) is 4.07. The number of rotatable bonds is 7. The quantitative estimate of drug-likeness (QED) is 0.674. The Morgan fingerprint density at radius 3 is 2.46 bits per heavy atom. The maximum absolute atomic E-state index is 12.8. The maximum Gasteiger partial charge on any atom is 0.225 e. The van der Waals surface area contributed by atoms with E-state index in [-0.39, 0.29) is 11.7 Å². The first kappa shape index (κ1) is 19.6. The van der Waals surface area contributed by atoms with Gasteiger partial charge in [0.2, 0.25) is 5.91 Å². The number of carbonyl (C=O) groups is 2. The Kier molecular flexibility index (Phi) is 7.26. The van der Waals surface area contributed by atoms with Gasteiger partial charge in [0.1, 0.15) is 0 Å². The minimum Gasteiger partial charge on any atom is -0.340 e. The van der Waals surface area contributed by atoms with E-state index in [0.29, 0.717) is 12.5 Å². The zero-order chi connectivity index (χ0) is 18.4. The summed E-state index contributed by atoms with van der Waals surface area (Å²) in [5, 5.41) is 1.95. The molecule has 26 heavy (non-hydrogen) atoms.